The average molecular weight is 375 g/mol. The van der Waals surface area contributed by atoms with Gasteiger partial charge in [-0.1, -0.05) is 32.9 Å². The number of ketones is 1. The Balaban J connectivity index is 1.60. The molecule has 4 rings (SSSR count). The molecule has 27 heavy (non-hydrogen) atoms. The molecule has 0 saturated heterocycles. The van der Waals surface area contributed by atoms with Crippen molar-refractivity contribution in [2.24, 2.45) is 50.8 Å². The summed E-state index contributed by atoms with van der Waals surface area (Å²) in [4.78, 5) is 18.1. The Morgan fingerprint density at radius 1 is 1.04 bits per heavy atom. The van der Waals surface area contributed by atoms with Gasteiger partial charge < -0.3 is 10.6 Å². The second-order valence-corrected chi connectivity index (χ2v) is 10.8. The Labute approximate surface area is 164 Å². The largest absolute Gasteiger partial charge is 0.394 e. The van der Waals surface area contributed by atoms with Crippen LogP contribution in [-0.4, -0.2) is 24.6 Å². The summed E-state index contributed by atoms with van der Waals surface area (Å²) in [6.45, 7) is 10.6. The van der Waals surface area contributed by atoms with Crippen LogP contribution in [0.15, 0.2) is 5.16 Å². The van der Waals surface area contributed by atoms with E-state index in [9.17, 15) is 4.79 Å². The molecule has 2 N–H and O–H groups in total. The van der Waals surface area contributed by atoms with E-state index >= 15 is 0 Å². The van der Waals surface area contributed by atoms with Gasteiger partial charge in [-0.25, -0.2) is 0 Å². The van der Waals surface area contributed by atoms with Gasteiger partial charge in [-0.2, -0.15) is 0 Å². The monoisotopic (exact) mass is 374 g/mol. The molecule has 0 aromatic heterocycles. The van der Waals surface area contributed by atoms with Gasteiger partial charge in [0.2, 0.25) is 0 Å². The zero-order chi connectivity index (χ0) is 19.4. The lowest BCUT2D eigenvalue weighted by atomic mass is 9.41. The lowest BCUT2D eigenvalue weighted by Gasteiger charge is -2.63. The van der Waals surface area contributed by atoms with Gasteiger partial charge in [0.25, 0.3) is 0 Å². The Morgan fingerprint density at radius 2 is 1.81 bits per heavy atom. The molecule has 0 amide bonds. The molecular formula is C23H38N2O2. The SMILES string of the molecule is CC1(C)C(=NOCCN)CC[C@@]2(C)C1CC[C@@H]1[C@@H]2CC[C@]2(C)C(=O)CC[C@@H]12. The zero-order valence-electron chi connectivity index (χ0n) is 17.7. The Bertz CT molecular complexity index is 642. The summed E-state index contributed by atoms with van der Waals surface area (Å²) >= 11 is 0. The molecule has 4 aliphatic carbocycles. The zero-order valence-corrected chi connectivity index (χ0v) is 17.7. The summed E-state index contributed by atoms with van der Waals surface area (Å²) in [5.41, 5.74) is 7.22. The van der Waals surface area contributed by atoms with E-state index in [0.29, 0.717) is 36.2 Å². The number of nitrogens with two attached hydrogens (primary N) is 1. The third-order valence-electron chi connectivity index (χ3n) is 9.48. The van der Waals surface area contributed by atoms with Crippen LogP contribution in [0, 0.1) is 39.9 Å². The van der Waals surface area contributed by atoms with Gasteiger partial charge >= 0.3 is 0 Å². The molecular weight excluding hydrogens is 336 g/mol. The molecule has 4 nitrogen and oxygen atoms in total. The van der Waals surface area contributed by atoms with E-state index in [1.165, 1.54) is 31.4 Å². The van der Waals surface area contributed by atoms with Gasteiger partial charge in [-0.05, 0) is 74.0 Å². The Morgan fingerprint density at radius 3 is 2.56 bits per heavy atom. The van der Waals surface area contributed by atoms with Crippen LogP contribution in [0.2, 0.25) is 0 Å². The van der Waals surface area contributed by atoms with E-state index in [1.54, 1.807) is 0 Å². The van der Waals surface area contributed by atoms with Crippen molar-refractivity contribution in [1.82, 2.24) is 0 Å². The van der Waals surface area contributed by atoms with Crippen molar-refractivity contribution in [2.75, 3.05) is 13.2 Å². The molecule has 0 spiro atoms. The number of rotatable bonds is 3. The average Bonchev–Trinajstić information content (AvgIpc) is 2.92. The lowest BCUT2D eigenvalue weighted by molar-refractivity contribution is -0.141. The Kier molecular flexibility index (Phi) is 4.73. The van der Waals surface area contributed by atoms with Crippen molar-refractivity contribution in [3.63, 3.8) is 0 Å². The topological polar surface area (TPSA) is 64.7 Å². The lowest BCUT2D eigenvalue weighted by Crippen LogP contribution is -2.58. The third kappa shape index (κ3) is 2.73. The molecule has 0 heterocycles. The highest BCUT2D eigenvalue weighted by atomic mass is 16.6. The molecule has 0 aromatic rings. The molecule has 0 radical (unpaired) electrons. The molecule has 4 aliphatic rings. The molecule has 1 unspecified atom stereocenters. The predicted molar refractivity (Wildman–Crippen MR) is 108 cm³/mol. The first kappa shape index (κ1) is 19.4. The van der Waals surface area contributed by atoms with Gasteiger partial charge in [-0.15, -0.1) is 0 Å². The van der Waals surface area contributed by atoms with Crippen LogP contribution in [0.5, 0.6) is 0 Å². The first-order valence-electron chi connectivity index (χ1n) is 11.2. The van der Waals surface area contributed by atoms with Crippen molar-refractivity contribution < 1.29 is 9.63 Å². The fraction of sp³-hybridized carbons (Fsp3) is 0.913. The maximum Gasteiger partial charge on any atom is 0.139 e. The maximum absolute atomic E-state index is 12.6. The van der Waals surface area contributed by atoms with Crippen molar-refractivity contribution in [3.8, 4) is 0 Å². The van der Waals surface area contributed by atoms with Crippen LogP contribution >= 0.6 is 0 Å². The molecule has 152 valence electrons. The summed E-state index contributed by atoms with van der Waals surface area (Å²) in [5, 5.41) is 4.52. The summed E-state index contributed by atoms with van der Waals surface area (Å²) in [5.74, 6) is 3.35. The number of hydrogen-bond donors (Lipinski definition) is 1. The third-order valence-corrected chi connectivity index (χ3v) is 9.48. The second kappa shape index (κ2) is 6.57. The fourth-order valence-corrected chi connectivity index (χ4v) is 8.02. The minimum absolute atomic E-state index is 0.0166. The van der Waals surface area contributed by atoms with Gasteiger partial charge in [0.05, 0.1) is 5.71 Å². The molecule has 0 aliphatic heterocycles. The van der Waals surface area contributed by atoms with Gasteiger partial charge in [0.1, 0.15) is 12.4 Å². The highest BCUT2D eigenvalue weighted by Crippen LogP contribution is 2.67. The van der Waals surface area contributed by atoms with E-state index in [4.69, 9.17) is 10.6 Å². The number of carbonyl (C=O) groups excluding carboxylic acids is 1. The number of hydrogen-bond acceptors (Lipinski definition) is 4. The number of oxime groups is 1. The number of fused-ring (bicyclic) bond motifs is 5. The predicted octanol–water partition coefficient (Wildman–Crippen LogP) is 4.57. The van der Waals surface area contributed by atoms with Crippen molar-refractivity contribution in [1.29, 1.82) is 0 Å². The second-order valence-electron chi connectivity index (χ2n) is 10.8. The minimum Gasteiger partial charge on any atom is -0.394 e. The maximum atomic E-state index is 12.6. The summed E-state index contributed by atoms with van der Waals surface area (Å²) in [7, 11) is 0. The van der Waals surface area contributed by atoms with E-state index in [-0.39, 0.29) is 10.8 Å². The first-order valence-corrected chi connectivity index (χ1v) is 11.2. The van der Waals surface area contributed by atoms with Crippen LogP contribution < -0.4 is 5.73 Å². The van der Waals surface area contributed by atoms with Gasteiger partial charge in [-0.3, -0.25) is 4.79 Å². The van der Waals surface area contributed by atoms with Crippen molar-refractivity contribution >= 4 is 11.5 Å². The molecule has 0 bridgehead atoms. The van der Waals surface area contributed by atoms with Crippen molar-refractivity contribution in [2.45, 2.75) is 79.1 Å². The highest BCUT2D eigenvalue weighted by Gasteiger charge is 2.62. The van der Waals surface area contributed by atoms with Crippen LogP contribution in [0.4, 0.5) is 0 Å². The normalized spacial score (nSPS) is 47.3. The fourth-order valence-electron chi connectivity index (χ4n) is 8.02. The first-order chi connectivity index (χ1) is 12.7. The van der Waals surface area contributed by atoms with Crippen LogP contribution in [0.3, 0.4) is 0 Å². The van der Waals surface area contributed by atoms with Crippen molar-refractivity contribution in [3.05, 3.63) is 0 Å². The molecule has 0 aromatic carbocycles. The smallest absolute Gasteiger partial charge is 0.139 e. The Hall–Kier alpha value is -0.900. The van der Waals surface area contributed by atoms with Gasteiger partial charge in [0.15, 0.2) is 0 Å². The number of carbonyl (C=O) groups is 1. The van der Waals surface area contributed by atoms with E-state index < -0.39 is 0 Å². The number of Topliss-reactive ketones (excluding diaryl/α,β-unsaturated/α-hetero) is 1. The van der Waals surface area contributed by atoms with Crippen LogP contribution in [-0.2, 0) is 9.63 Å². The summed E-state index contributed by atoms with van der Waals surface area (Å²) in [6, 6.07) is 0. The molecule has 6 atom stereocenters. The summed E-state index contributed by atoms with van der Waals surface area (Å²) < 4.78 is 0. The molecule has 4 fully saturated rings. The number of nitrogens with zero attached hydrogens (tertiary/aromatic N) is 1. The van der Waals surface area contributed by atoms with E-state index in [1.807, 2.05) is 0 Å². The molecule has 4 saturated carbocycles. The molecule has 4 heteroatoms. The van der Waals surface area contributed by atoms with Gasteiger partial charge in [0, 0.05) is 23.8 Å². The minimum atomic E-state index is -0.0166. The highest BCUT2D eigenvalue weighted by molar-refractivity contribution is 5.90. The standard InChI is InChI=1S/C23H38N2O2/c1-21(2)18-7-5-15-16-6-8-20(26)23(16,4)11-9-17(15)22(18,3)12-10-19(21)25-27-14-13-24/h15-18H,5-14,24H2,1-4H3/t15-,16-,17-,18?,22+,23-/m0/s1. The van der Waals surface area contributed by atoms with Crippen LogP contribution in [0.1, 0.15) is 79.1 Å². The van der Waals surface area contributed by atoms with Crippen LogP contribution in [0.25, 0.3) is 0 Å². The summed E-state index contributed by atoms with van der Waals surface area (Å²) in [6.07, 6.45) is 9.12. The van der Waals surface area contributed by atoms with E-state index in [0.717, 1.165) is 37.5 Å². The van der Waals surface area contributed by atoms with E-state index in [2.05, 4.69) is 32.9 Å². The quantitative estimate of drug-likeness (QED) is 0.581.